The topological polar surface area (TPSA) is 77.4 Å². The first kappa shape index (κ1) is 17.6. The van der Waals surface area contributed by atoms with Crippen molar-refractivity contribution in [3.8, 4) is 0 Å². The molecule has 0 aromatic heterocycles. The van der Waals surface area contributed by atoms with Crippen molar-refractivity contribution in [1.29, 1.82) is 0 Å². The van der Waals surface area contributed by atoms with Gasteiger partial charge >= 0.3 is 0 Å². The van der Waals surface area contributed by atoms with Crippen LogP contribution in [0, 0.1) is 0 Å². The largest absolute Gasteiger partial charge is 0.394 e. The summed E-state index contributed by atoms with van der Waals surface area (Å²) in [7, 11) is 0. The van der Waals surface area contributed by atoms with Crippen LogP contribution in [-0.4, -0.2) is 47.8 Å². The van der Waals surface area contributed by atoms with Gasteiger partial charge in [0.05, 0.1) is 13.2 Å². The third-order valence-electron chi connectivity index (χ3n) is 4.67. The van der Waals surface area contributed by atoms with E-state index in [4.69, 9.17) is 18.9 Å². The monoisotopic (exact) mass is 358 g/mol. The number of benzene rings is 2. The lowest BCUT2D eigenvalue weighted by Crippen LogP contribution is -2.51. The van der Waals surface area contributed by atoms with Gasteiger partial charge in [-0.05, 0) is 0 Å². The molecule has 2 aromatic carbocycles. The SMILES string of the molecule is OC[C@H]1OC(c2ccccc2)O[C@H]1[C@@H]1OC(c2ccccc2)OC[C@@H]1O. The Hall–Kier alpha value is -1.80. The summed E-state index contributed by atoms with van der Waals surface area (Å²) < 4.78 is 23.5. The van der Waals surface area contributed by atoms with E-state index in [1.165, 1.54) is 0 Å². The second-order valence-electron chi connectivity index (χ2n) is 6.44. The van der Waals surface area contributed by atoms with Crippen LogP contribution in [0.1, 0.15) is 23.7 Å². The average molecular weight is 358 g/mol. The molecule has 2 fully saturated rings. The fraction of sp³-hybridized carbons (Fsp3) is 0.400. The number of aliphatic hydroxyl groups is 2. The summed E-state index contributed by atoms with van der Waals surface area (Å²) in [5.41, 5.74) is 1.72. The standard InChI is InChI=1S/C20H22O6/c21-11-16-18(26-20(24-16)14-9-5-2-6-10-14)17-15(22)12-23-19(25-17)13-7-3-1-4-8-13/h1-10,15-22H,11-12H2/t15-,16+,17+,18+,19?,20?/m0/s1. The highest BCUT2D eigenvalue weighted by atomic mass is 16.8. The Bertz CT molecular complexity index is 656. The van der Waals surface area contributed by atoms with Crippen LogP contribution in [0.2, 0.25) is 0 Å². The molecule has 0 bridgehead atoms. The smallest absolute Gasteiger partial charge is 0.184 e. The number of aliphatic hydroxyl groups excluding tert-OH is 2. The minimum absolute atomic E-state index is 0.123. The summed E-state index contributed by atoms with van der Waals surface area (Å²) >= 11 is 0. The average Bonchev–Trinajstić information content (AvgIpc) is 3.14. The molecule has 4 rings (SSSR count). The molecular weight excluding hydrogens is 336 g/mol. The van der Waals surface area contributed by atoms with Gasteiger partial charge in [0, 0.05) is 11.1 Å². The number of hydrogen-bond acceptors (Lipinski definition) is 6. The fourth-order valence-electron chi connectivity index (χ4n) is 3.34. The third-order valence-corrected chi connectivity index (χ3v) is 4.67. The van der Waals surface area contributed by atoms with Crippen molar-refractivity contribution < 1.29 is 29.2 Å². The zero-order valence-electron chi connectivity index (χ0n) is 14.2. The summed E-state index contributed by atoms with van der Waals surface area (Å²) in [6.07, 6.45) is -3.92. The molecule has 2 aliphatic rings. The molecule has 0 spiro atoms. The van der Waals surface area contributed by atoms with Crippen LogP contribution in [0.25, 0.3) is 0 Å². The minimum atomic E-state index is -0.868. The molecular formula is C20H22O6. The Kier molecular flexibility index (Phi) is 5.31. The Morgan fingerprint density at radius 2 is 1.35 bits per heavy atom. The normalized spacial score (nSPS) is 34.7. The predicted octanol–water partition coefficient (Wildman–Crippen LogP) is 1.94. The van der Waals surface area contributed by atoms with E-state index in [-0.39, 0.29) is 13.2 Å². The van der Waals surface area contributed by atoms with Crippen LogP contribution in [0.3, 0.4) is 0 Å². The van der Waals surface area contributed by atoms with E-state index in [0.717, 1.165) is 11.1 Å². The first-order chi connectivity index (χ1) is 12.8. The zero-order valence-corrected chi connectivity index (χ0v) is 14.2. The van der Waals surface area contributed by atoms with Crippen molar-refractivity contribution >= 4 is 0 Å². The lowest BCUT2D eigenvalue weighted by Gasteiger charge is -2.37. The van der Waals surface area contributed by atoms with Crippen molar-refractivity contribution in [2.75, 3.05) is 13.2 Å². The second kappa shape index (κ2) is 7.84. The van der Waals surface area contributed by atoms with Gasteiger partial charge in [-0.15, -0.1) is 0 Å². The molecule has 2 saturated heterocycles. The summed E-state index contributed by atoms with van der Waals surface area (Å²) in [6, 6.07) is 19.0. The van der Waals surface area contributed by atoms with Gasteiger partial charge in [0.25, 0.3) is 0 Å². The van der Waals surface area contributed by atoms with E-state index in [0.29, 0.717) is 0 Å². The van der Waals surface area contributed by atoms with E-state index >= 15 is 0 Å². The summed E-state index contributed by atoms with van der Waals surface area (Å²) in [5.74, 6) is 0. The highest BCUT2D eigenvalue weighted by Gasteiger charge is 2.47. The van der Waals surface area contributed by atoms with Crippen molar-refractivity contribution in [3.63, 3.8) is 0 Å². The van der Waals surface area contributed by atoms with Gasteiger partial charge in [0.2, 0.25) is 0 Å². The Labute approximate surface area is 151 Å². The van der Waals surface area contributed by atoms with Crippen molar-refractivity contribution in [1.82, 2.24) is 0 Å². The van der Waals surface area contributed by atoms with Gasteiger partial charge in [0.15, 0.2) is 12.6 Å². The highest BCUT2D eigenvalue weighted by Crippen LogP contribution is 2.37. The Balaban J connectivity index is 1.52. The van der Waals surface area contributed by atoms with E-state index in [2.05, 4.69) is 0 Å². The predicted molar refractivity (Wildman–Crippen MR) is 92.0 cm³/mol. The van der Waals surface area contributed by atoms with Crippen LogP contribution < -0.4 is 0 Å². The van der Waals surface area contributed by atoms with Crippen molar-refractivity contribution in [2.24, 2.45) is 0 Å². The van der Waals surface area contributed by atoms with Crippen LogP contribution in [0.15, 0.2) is 60.7 Å². The van der Waals surface area contributed by atoms with Crippen LogP contribution in [0.4, 0.5) is 0 Å². The van der Waals surface area contributed by atoms with Gasteiger partial charge in [-0.25, -0.2) is 0 Å². The van der Waals surface area contributed by atoms with E-state index in [9.17, 15) is 10.2 Å². The first-order valence-corrected chi connectivity index (χ1v) is 8.73. The molecule has 26 heavy (non-hydrogen) atoms. The molecule has 6 nitrogen and oxygen atoms in total. The molecule has 2 heterocycles. The molecule has 2 unspecified atom stereocenters. The summed E-state index contributed by atoms with van der Waals surface area (Å²) in [6.45, 7) is -0.102. The lowest BCUT2D eigenvalue weighted by molar-refractivity contribution is -0.279. The minimum Gasteiger partial charge on any atom is -0.394 e. The molecule has 0 radical (unpaired) electrons. The van der Waals surface area contributed by atoms with Gasteiger partial charge in [0.1, 0.15) is 24.4 Å². The van der Waals surface area contributed by atoms with Crippen LogP contribution in [0.5, 0.6) is 0 Å². The van der Waals surface area contributed by atoms with Gasteiger partial charge in [-0.1, -0.05) is 60.7 Å². The van der Waals surface area contributed by atoms with Gasteiger partial charge in [-0.2, -0.15) is 0 Å². The molecule has 0 amide bonds. The highest BCUT2D eigenvalue weighted by molar-refractivity contribution is 5.18. The number of ether oxygens (including phenoxy) is 4. The Morgan fingerprint density at radius 3 is 1.96 bits per heavy atom. The third kappa shape index (κ3) is 3.53. The summed E-state index contributed by atoms with van der Waals surface area (Å²) in [5, 5.41) is 20.1. The van der Waals surface area contributed by atoms with E-state index in [1.54, 1.807) is 0 Å². The number of rotatable bonds is 4. The lowest BCUT2D eigenvalue weighted by atomic mass is 10.0. The fourth-order valence-corrected chi connectivity index (χ4v) is 3.34. The molecule has 0 saturated carbocycles. The van der Waals surface area contributed by atoms with Crippen LogP contribution >= 0.6 is 0 Å². The first-order valence-electron chi connectivity index (χ1n) is 8.73. The number of hydrogen-bond donors (Lipinski definition) is 2. The van der Waals surface area contributed by atoms with Crippen molar-refractivity contribution in [3.05, 3.63) is 71.8 Å². The van der Waals surface area contributed by atoms with E-state index < -0.39 is 37.0 Å². The van der Waals surface area contributed by atoms with Crippen LogP contribution in [-0.2, 0) is 18.9 Å². The quantitative estimate of drug-likeness (QED) is 0.870. The van der Waals surface area contributed by atoms with E-state index in [1.807, 2.05) is 60.7 Å². The molecule has 2 aromatic rings. The Morgan fingerprint density at radius 1 is 0.769 bits per heavy atom. The molecule has 0 aliphatic carbocycles. The second-order valence-corrected chi connectivity index (χ2v) is 6.44. The van der Waals surface area contributed by atoms with Gasteiger partial charge < -0.3 is 29.2 Å². The van der Waals surface area contributed by atoms with Gasteiger partial charge in [-0.3, -0.25) is 0 Å². The molecule has 138 valence electrons. The maximum absolute atomic E-state index is 10.4. The molecule has 6 atom stereocenters. The molecule has 2 N–H and O–H groups in total. The molecule has 6 heteroatoms. The van der Waals surface area contributed by atoms with Crippen molar-refractivity contribution in [2.45, 2.75) is 37.0 Å². The maximum Gasteiger partial charge on any atom is 0.184 e. The summed E-state index contributed by atoms with van der Waals surface area (Å²) in [4.78, 5) is 0. The zero-order chi connectivity index (χ0) is 17.9. The maximum atomic E-state index is 10.4. The molecule has 2 aliphatic heterocycles.